The molecule has 0 bridgehead atoms. The molecule has 1 aliphatic heterocycles. The van der Waals surface area contributed by atoms with Gasteiger partial charge in [-0.3, -0.25) is 9.59 Å². The van der Waals surface area contributed by atoms with Crippen LogP contribution in [-0.4, -0.2) is 31.7 Å². The van der Waals surface area contributed by atoms with Gasteiger partial charge in [0, 0.05) is 13.0 Å². The van der Waals surface area contributed by atoms with E-state index in [1.165, 1.54) is 6.42 Å². The number of nitrogens with zero attached hydrogens (tertiary/aromatic N) is 3. The van der Waals surface area contributed by atoms with Crippen molar-refractivity contribution in [2.24, 2.45) is 11.8 Å². The molecular weight excluding hydrogens is 272 g/mol. The van der Waals surface area contributed by atoms with Gasteiger partial charge >= 0.3 is 5.97 Å². The van der Waals surface area contributed by atoms with Crippen molar-refractivity contribution in [3.63, 3.8) is 0 Å². The first-order valence-corrected chi connectivity index (χ1v) is 7.53. The first kappa shape index (κ1) is 14.0. The highest BCUT2D eigenvalue weighted by atomic mass is 16.4. The second kappa shape index (κ2) is 5.46. The molecule has 1 amide bonds. The van der Waals surface area contributed by atoms with Gasteiger partial charge < -0.3 is 15.0 Å². The minimum absolute atomic E-state index is 0.194. The van der Waals surface area contributed by atoms with E-state index in [1.807, 2.05) is 6.92 Å². The minimum atomic E-state index is -0.890. The lowest BCUT2D eigenvalue weighted by Gasteiger charge is -2.15. The first-order chi connectivity index (χ1) is 10.1. The summed E-state index contributed by atoms with van der Waals surface area (Å²) in [6, 6.07) is -0.244. The lowest BCUT2D eigenvalue weighted by Crippen LogP contribution is -2.31. The molecule has 0 aromatic carbocycles. The van der Waals surface area contributed by atoms with Gasteiger partial charge in [-0.25, -0.2) is 0 Å². The fraction of sp³-hybridized carbons (Fsp3) is 0.714. The Morgan fingerprint density at radius 3 is 2.81 bits per heavy atom. The SMILES string of the molecule is CC(NC(=O)C1CC1C(=O)O)c1nnc2n1CCCCC2. The van der Waals surface area contributed by atoms with Crippen molar-refractivity contribution in [1.29, 1.82) is 0 Å². The average molecular weight is 292 g/mol. The van der Waals surface area contributed by atoms with Gasteiger partial charge in [-0.1, -0.05) is 6.42 Å². The maximum atomic E-state index is 12.0. The smallest absolute Gasteiger partial charge is 0.307 e. The largest absolute Gasteiger partial charge is 0.481 e. The molecule has 1 fully saturated rings. The van der Waals surface area contributed by atoms with E-state index in [4.69, 9.17) is 5.11 Å². The van der Waals surface area contributed by atoms with Gasteiger partial charge in [0.15, 0.2) is 5.82 Å². The number of aliphatic carboxylic acids is 1. The molecule has 3 rings (SSSR count). The summed E-state index contributed by atoms with van der Waals surface area (Å²) in [5, 5.41) is 20.2. The molecule has 3 atom stereocenters. The predicted molar refractivity (Wildman–Crippen MR) is 73.4 cm³/mol. The first-order valence-electron chi connectivity index (χ1n) is 7.53. The summed E-state index contributed by atoms with van der Waals surface area (Å²) in [5.74, 6) is -0.240. The highest BCUT2D eigenvalue weighted by molar-refractivity contribution is 5.89. The molecule has 2 aliphatic rings. The van der Waals surface area contributed by atoms with E-state index < -0.39 is 17.8 Å². The summed E-state index contributed by atoms with van der Waals surface area (Å²) in [6.45, 7) is 2.76. The average Bonchev–Trinajstić information content (AvgIpc) is 3.19. The molecule has 2 heterocycles. The molecule has 1 aliphatic carbocycles. The Hall–Kier alpha value is -1.92. The van der Waals surface area contributed by atoms with Crippen molar-refractivity contribution in [3.8, 4) is 0 Å². The Labute approximate surface area is 122 Å². The van der Waals surface area contributed by atoms with Crippen LogP contribution in [0.2, 0.25) is 0 Å². The van der Waals surface area contributed by atoms with Crippen LogP contribution in [0.1, 0.15) is 50.3 Å². The number of carboxylic acid groups (broad SMARTS) is 1. The highest BCUT2D eigenvalue weighted by Gasteiger charge is 2.48. The summed E-state index contributed by atoms with van der Waals surface area (Å²) in [7, 11) is 0. The maximum Gasteiger partial charge on any atom is 0.307 e. The highest BCUT2D eigenvalue weighted by Crippen LogP contribution is 2.39. The molecular formula is C14H20N4O3. The molecule has 1 aromatic heterocycles. The molecule has 0 radical (unpaired) electrons. The van der Waals surface area contributed by atoms with E-state index in [0.717, 1.165) is 37.5 Å². The van der Waals surface area contributed by atoms with Gasteiger partial charge in [-0.2, -0.15) is 0 Å². The second-order valence-corrected chi connectivity index (χ2v) is 5.95. The van der Waals surface area contributed by atoms with Crippen LogP contribution >= 0.6 is 0 Å². The van der Waals surface area contributed by atoms with Gasteiger partial charge in [0.2, 0.25) is 5.91 Å². The standard InChI is InChI=1S/C14H20N4O3/c1-8(15-13(19)9-7-10(9)14(20)21)12-17-16-11-5-3-2-4-6-18(11)12/h8-10H,2-7H2,1H3,(H,15,19)(H,20,21). The van der Waals surface area contributed by atoms with E-state index in [-0.39, 0.29) is 11.9 Å². The van der Waals surface area contributed by atoms with Crippen molar-refractivity contribution in [2.75, 3.05) is 0 Å². The van der Waals surface area contributed by atoms with Crippen molar-refractivity contribution in [3.05, 3.63) is 11.6 Å². The van der Waals surface area contributed by atoms with Crippen LogP contribution in [0.15, 0.2) is 0 Å². The zero-order valence-corrected chi connectivity index (χ0v) is 12.1. The summed E-state index contributed by atoms with van der Waals surface area (Å²) < 4.78 is 2.10. The summed E-state index contributed by atoms with van der Waals surface area (Å²) in [5.41, 5.74) is 0. The van der Waals surface area contributed by atoms with Gasteiger partial charge in [0.1, 0.15) is 5.82 Å². The number of nitrogens with one attached hydrogen (secondary N) is 1. The molecule has 114 valence electrons. The number of aryl methyl sites for hydroxylation is 1. The third kappa shape index (κ3) is 2.77. The van der Waals surface area contributed by atoms with Gasteiger partial charge in [-0.05, 0) is 26.2 Å². The molecule has 2 N–H and O–H groups in total. The van der Waals surface area contributed by atoms with Gasteiger partial charge in [-0.15, -0.1) is 10.2 Å². The molecule has 1 saturated carbocycles. The Balaban J connectivity index is 1.66. The van der Waals surface area contributed by atoms with Crippen LogP contribution in [-0.2, 0) is 22.6 Å². The lowest BCUT2D eigenvalue weighted by atomic mass is 10.2. The van der Waals surface area contributed by atoms with Crippen LogP contribution < -0.4 is 5.32 Å². The Morgan fingerprint density at radius 2 is 2.10 bits per heavy atom. The Kier molecular flexibility index (Phi) is 3.65. The number of carbonyl (C=O) groups is 2. The number of hydrogen-bond acceptors (Lipinski definition) is 4. The lowest BCUT2D eigenvalue weighted by molar-refractivity contribution is -0.140. The molecule has 0 spiro atoms. The summed E-state index contributed by atoms with van der Waals surface area (Å²) >= 11 is 0. The van der Waals surface area contributed by atoms with Crippen LogP contribution in [0.25, 0.3) is 0 Å². The number of fused-ring (bicyclic) bond motifs is 1. The molecule has 7 nitrogen and oxygen atoms in total. The van der Waals surface area contributed by atoms with Crippen LogP contribution in [0.5, 0.6) is 0 Å². The fourth-order valence-electron chi connectivity index (χ4n) is 2.97. The number of amides is 1. The quantitative estimate of drug-likeness (QED) is 0.859. The molecule has 1 aromatic rings. The zero-order valence-electron chi connectivity index (χ0n) is 12.1. The zero-order chi connectivity index (χ0) is 15.0. The van der Waals surface area contributed by atoms with Gasteiger partial charge in [0.05, 0.1) is 17.9 Å². The monoisotopic (exact) mass is 292 g/mol. The molecule has 3 unspecified atom stereocenters. The van der Waals surface area contributed by atoms with Crippen molar-refractivity contribution in [2.45, 2.75) is 51.6 Å². The maximum absolute atomic E-state index is 12.0. The normalized spacial score (nSPS) is 25.6. The number of rotatable bonds is 4. The Bertz CT molecular complexity index is 569. The number of hydrogen-bond donors (Lipinski definition) is 2. The predicted octanol–water partition coefficient (Wildman–Crippen LogP) is 0.902. The van der Waals surface area contributed by atoms with Crippen LogP contribution in [0.4, 0.5) is 0 Å². The van der Waals surface area contributed by atoms with Crippen LogP contribution in [0.3, 0.4) is 0 Å². The van der Waals surface area contributed by atoms with Crippen molar-refractivity contribution in [1.82, 2.24) is 20.1 Å². The molecule has 7 heteroatoms. The van der Waals surface area contributed by atoms with Gasteiger partial charge in [0.25, 0.3) is 0 Å². The Morgan fingerprint density at radius 1 is 1.29 bits per heavy atom. The van der Waals surface area contributed by atoms with Crippen molar-refractivity contribution < 1.29 is 14.7 Å². The number of carbonyl (C=O) groups excluding carboxylic acids is 1. The number of aromatic nitrogens is 3. The second-order valence-electron chi connectivity index (χ2n) is 5.95. The van der Waals surface area contributed by atoms with E-state index in [2.05, 4.69) is 20.1 Å². The van der Waals surface area contributed by atoms with E-state index in [1.54, 1.807) is 0 Å². The van der Waals surface area contributed by atoms with E-state index in [0.29, 0.717) is 6.42 Å². The van der Waals surface area contributed by atoms with E-state index >= 15 is 0 Å². The topological polar surface area (TPSA) is 97.1 Å². The minimum Gasteiger partial charge on any atom is -0.481 e. The summed E-state index contributed by atoms with van der Waals surface area (Å²) in [4.78, 5) is 22.8. The third-order valence-electron chi connectivity index (χ3n) is 4.33. The van der Waals surface area contributed by atoms with Crippen LogP contribution in [0, 0.1) is 11.8 Å². The summed E-state index contributed by atoms with van der Waals surface area (Å²) in [6.07, 6.45) is 4.78. The fourth-order valence-corrected chi connectivity index (χ4v) is 2.97. The third-order valence-corrected chi connectivity index (χ3v) is 4.33. The molecule has 0 saturated heterocycles. The molecule has 21 heavy (non-hydrogen) atoms. The number of carboxylic acids is 1. The van der Waals surface area contributed by atoms with E-state index in [9.17, 15) is 9.59 Å². The van der Waals surface area contributed by atoms with Crippen molar-refractivity contribution >= 4 is 11.9 Å².